The van der Waals surface area contributed by atoms with Crippen molar-refractivity contribution in [2.45, 2.75) is 11.9 Å². The molecule has 0 aliphatic heterocycles. The lowest BCUT2D eigenvalue weighted by molar-refractivity contribution is -0.113. The monoisotopic (exact) mass is 392 g/mol. The summed E-state index contributed by atoms with van der Waals surface area (Å²) in [6.07, 6.45) is 0. The Kier molecular flexibility index (Phi) is 5.13. The van der Waals surface area contributed by atoms with Gasteiger partial charge in [-0.15, -0.1) is 0 Å². The number of rotatable bonds is 5. The van der Waals surface area contributed by atoms with Gasteiger partial charge in [-0.1, -0.05) is 60.3 Å². The van der Waals surface area contributed by atoms with Crippen molar-refractivity contribution in [1.29, 1.82) is 0 Å². The highest BCUT2D eigenvalue weighted by molar-refractivity contribution is 7.99. The Morgan fingerprint density at radius 2 is 1.85 bits per heavy atom. The Labute approximate surface area is 165 Å². The second-order valence-electron chi connectivity index (χ2n) is 5.92. The maximum atomic E-state index is 12.2. The van der Waals surface area contributed by atoms with Gasteiger partial charge < -0.3 is 0 Å². The van der Waals surface area contributed by atoms with Crippen molar-refractivity contribution >= 4 is 46.1 Å². The number of amides is 1. The fourth-order valence-electron chi connectivity index (χ4n) is 2.66. The van der Waals surface area contributed by atoms with E-state index < -0.39 is 0 Å². The molecule has 134 valence electrons. The number of anilines is 1. The standard InChI is InChI=1S/C20H16N4OS2/c1-13-11-18(21-16-10-6-5-9-15(13)16)26-12-17(25)22-20-23-19(27-24-20)14-7-3-2-4-8-14/h2-11H,12H2,1H3,(H,22,24,25). The molecule has 0 saturated heterocycles. The van der Waals surface area contributed by atoms with E-state index >= 15 is 0 Å². The molecule has 5 nitrogen and oxygen atoms in total. The highest BCUT2D eigenvalue weighted by Crippen LogP contribution is 2.25. The average molecular weight is 393 g/mol. The fourth-order valence-corrected chi connectivity index (χ4v) is 4.07. The number of fused-ring (bicyclic) bond motifs is 1. The van der Waals surface area contributed by atoms with Crippen molar-refractivity contribution in [1.82, 2.24) is 14.3 Å². The van der Waals surface area contributed by atoms with Crippen molar-refractivity contribution < 1.29 is 4.79 Å². The summed E-state index contributed by atoms with van der Waals surface area (Å²) < 4.78 is 4.22. The number of nitrogens with zero attached hydrogens (tertiary/aromatic N) is 3. The summed E-state index contributed by atoms with van der Waals surface area (Å²) in [6, 6.07) is 19.8. The molecule has 7 heteroatoms. The Balaban J connectivity index is 1.40. The van der Waals surface area contributed by atoms with Crippen LogP contribution in [0.25, 0.3) is 21.5 Å². The number of pyridine rings is 1. The van der Waals surface area contributed by atoms with Crippen molar-refractivity contribution in [2.24, 2.45) is 0 Å². The van der Waals surface area contributed by atoms with Crippen molar-refractivity contribution in [2.75, 3.05) is 11.1 Å². The molecule has 27 heavy (non-hydrogen) atoms. The predicted molar refractivity (Wildman–Crippen MR) is 111 cm³/mol. The molecule has 0 atom stereocenters. The van der Waals surface area contributed by atoms with Crippen LogP contribution in [0.2, 0.25) is 0 Å². The maximum Gasteiger partial charge on any atom is 0.241 e. The van der Waals surface area contributed by atoms with Gasteiger partial charge in [-0.05, 0) is 36.2 Å². The van der Waals surface area contributed by atoms with E-state index in [0.717, 1.165) is 32.1 Å². The Morgan fingerprint density at radius 3 is 2.70 bits per heavy atom. The summed E-state index contributed by atoms with van der Waals surface area (Å²) in [7, 11) is 0. The van der Waals surface area contributed by atoms with Gasteiger partial charge in [0.25, 0.3) is 0 Å². The van der Waals surface area contributed by atoms with Crippen molar-refractivity contribution in [3.8, 4) is 10.6 Å². The number of nitrogens with one attached hydrogen (secondary N) is 1. The molecule has 2 aromatic carbocycles. The van der Waals surface area contributed by atoms with Crippen LogP contribution in [0.5, 0.6) is 0 Å². The zero-order chi connectivity index (χ0) is 18.6. The quantitative estimate of drug-likeness (QED) is 0.495. The van der Waals surface area contributed by atoms with E-state index in [9.17, 15) is 4.79 Å². The van der Waals surface area contributed by atoms with Crippen LogP contribution in [0.3, 0.4) is 0 Å². The second kappa shape index (κ2) is 7.85. The van der Waals surface area contributed by atoms with Gasteiger partial charge in [0.2, 0.25) is 11.9 Å². The Bertz CT molecular complexity index is 1100. The number of carbonyl (C=O) groups excluding carboxylic acids is 1. The first-order valence-corrected chi connectivity index (χ1v) is 10.1. The maximum absolute atomic E-state index is 12.2. The summed E-state index contributed by atoms with van der Waals surface area (Å²) in [5.74, 6) is 0.446. The first-order valence-electron chi connectivity index (χ1n) is 8.37. The van der Waals surface area contributed by atoms with Gasteiger partial charge in [0.1, 0.15) is 5.01 Å². The van der Waals surface area contributed by atoms with Gasteiger partial charge in [0, 0.05) is 10.9 Å². The highest BCUT2D eigenvalue weighted by Gasteiger charge is 2.11. The smallest absolute Gasteiger partial charge is 0.241 e. The number of benzene rings is 2. The van der Waals surface area contributed by atoms with Crippen LogP contribution in [0.1, 0.15) is 5.56 Å². The minimum atomic E-state index is -0.148. The molecule has 0 spiro atoms. The number of aryl methyl sites for hydroxylation is 1. The number of aromatic nitrogens is 3. The van der Waals surface area contributed by atoms with Crippen LogP contribution in [-0.4, -0.2) is 26.0 Å². The first-order chi connectivity index (χ1) is 13.2. The highest BCUT2D eigenvalue weighted by atomic mass is 32.2. The largest absolute Gasteiger partial charge is 0.293 e. The second-order valence-corrected chi connectivity index (χ2v) is 7.67. The van der Waals surface area contributed by atoms with Crippen LogP contribution in [0.4, 0.5) is 5.95 Å². The molecular formula is C20H16N4OS2. The first kappa shape index (κ1) is 17.6. The predicted octanol–water partition coefficient (Wildman–Crippen LogP) is 4.79. The van der Waals surface area contributed by atoms with E-state index in [4.69, 9.17) is 0 Å². The van der Waals surface area contributed by atoms with E-state index in [-0.39, 0.29) is 11.7 Å². The number of hydrogen-bond acceptors (Lipinski definition) is 6. The van der Waals surface area contributed by atoms with Gasteiger partial charge in [0.05, 0.1) is 16.3 Å². The van der Waals surface area contributed by atoms with E-state index in [0.29, 0.717) is 5.95 Å². The molecule has 4 rings (SSSR count). The summed E-state index contributed by atoms with van der Waals surface area (Å²) in [6.45, 7) is 2.05. The van der Waals surface area contributed by atoms with Crippen LogP contribution < -0.4 is 5.32 Å². The number of carbonyl (C=O) groups is 1. The Morgan fingerprint density at radius 1 is 1.07 bits per heavy atom. The van der Waals surface area contributed by atoms with Gasteiger partial charge in [-0.2, -0.15) is 9.36 Å². The molecule has 0 bridgehead atoms. The van der Waals surface area contributed by atoms with Gasteiger partial charge in [0.15, 0.2) is 0 Å². The SMILES string of the molecule is Cc1cc(SCC(=O)Nc2nsc(-c3ccccc3)n2)nc2ccccc12. The van der Waals surface area contributed by atoms with Gasteiger partial charge >= 0.3 is 0 Å². The van der Waals surface area contributed by atoms with Gasteiger partial charge in [-0.3, -0.25) is 10.1 Å². The van der Waals surface area contributed by atoms with Crippen LogP contribution in [-0.2, 0) is 4.79 Å². The van der Waals surface area contributed by atoms with Gasteiger partial charge in [-0.25, -0.2) is 4.98 Å². The minimum absolute atomic E-state index is 0.148. The third-order valence-corrected chi connectivity index (χ3v) is 5.62. The van der Waals surface area contributed by atoms with E-state index in [2.05, 4.69) is 32.6 Å². The van der Waals surface area contributed by atoms with Crippen LogP contribution in [0, 0.1) is 6.92 Å². The lowest BCUT2D eigenvalue weighted by Gasteiger charge is -2.06. The minimum Gasteiger partial charge on any atom is -0.293 e. The molecule has 0 saturated carbocycles. The molecular weight excluding hydrogens is 376 g/mol. The molecule has 0 unspecified atom stereocenters. The molecule has 0 radical (unpaired) electrons. The summed E-state index contributed by atoms with van der Waals surface area (Å²) >= 11 is 2.67. The molecule has 4 aromatic rings. The molecule has 1 N–H and O–H groups in total. The fraction of sp³-hybridized carbons (Fsp3) is 0.100. The molecule has 0 aliphatic carbocycles. The van der Waals surface area contributed by atoms with E-state index in [1.54, 1.807) is 0 Å². The average Bonchev–Trinajstić information content (AvgIpc) is 3.16. The van der Waals surface area contributed by atoms with Crippen LogP contribution >= 0.6 is 23.3 Å². The Hall–Kier alpha value is -2.77. The molecule has 2 heterocycles. The summed E-state index contributed by atoms with van der Waals surface area (Å²) in [5, 5.41) is 5.50. The third-order valence-electron chi connectivity index (χ3n) is 3.95. The number of para-hydroxylation sites is 1. The normalized spacial score (nSPS) is 10.9. The van der Waals surface area contributed by atoms with Crippen molar-refractivity contribution in [3.05, 3.63) is 66.2 Å². The number of hydrogen-bond donors (Lipinski definition) is 1. The molecule has 0 aliphatic rings. The van der Waals surface area contributed by atoms with E-state index in [1.165, 1.54) is 23.3 Å². The molecule has 2 aromatic heterocycles. The zero-order valence-corrected chi connectivity index (χ0v) is 16.2. The number of thioether (sulfide) groups is 1. The van der Waals surface area contributed by atoms with Crippen LogP contribution in [0.15, 0.2) is 65.7 Å². The van der Waals surface area contributed by atoms with Crippen molar-refractivity contribution in [3.63, 3.8) is 0 Å². The topological polar surface area (TPSA) is 67.8 Å². The molecule has 0 fully saturated rings. The third kappa shape index (κ3) is 4.15. The van der Waals surface area contributed by atoms with E-state index in [1.807, 2.05) is 54.6 Å². The molecule has 1 amide bonds. The lowest BCUT2D eigenvalue weighted by Crippen LogP contribution is -2.15. The lowest BCUT2D eigenvalue weighted by atomic mass is 10.1. The summed E-state index contributed by atoms with van der Waals surface area (Å²) in [4.78, 5) is 21.2. The zero-order valence-electron chi connectivity index (χ0n) is 14.5. The summed E-state index contributed by atoms with van der Waals surface area (Å²) in [5.41, 5.74) is 3.08.